The van der Waals surface area contributed by atoms with Crippen LogP contribution in [0, 0.1) is 5.82 Å². The average molecular weight is 451 g/mol. The van der Waals surface area contributed by atoms with E-state index in [1.807, 2.05) is 0 Å². The summed E-state index contributed by atoms with van der Waals surface area (Å²) >= 11 is 23.0. The van der Waals surface area contributed by atoms with Gasteiger partial charge >= 0.3 is 0 Å². The second-order valence-electron chi connectivity index (χ2n) is 5.23. The van der Waals surface area contributed by atoms with Gasteiger partial charge in [-0.2, -0.15) is 0 Å². The molecule has 3 N–H and O–H groups in total. The number of alkyl halides is 3. The number of amides is 1. The molecule has 0 fully saturated rings. The third-order valence-electron chi connectivity index (χ3n) is 3.35. The average Bonchev–Trinajstić information content (AvgIpc) is 2.61. The zero-order chi connectivity index (χ0) is 20.0. The van der Waals surface area contributed by atoms with Gasteiger partial charge in [-0.05, 0) is 36.5 Å². The third kappa shape index (κ3) is 6.10. The highest BCUT2D eigenvalue weighted by atomic mass is 35.6. The van der Waals surface area contributed by atoms with Crippen molar-refractivity contribution in [2.24, 2.45) is 0 Å². The molecule has 0 saturated heterocycles. The molecule has 2 aromatic rings. The van der Waals surface area contributed by atoms with Crippen LogP contribution in [0.5, 0.6) is 5.75 Å². The number of halogens is 4. The monoisotopic (exact) mass is 449 g/mol. The molecule has 2 rings (SSSR count). The summed E-state index contributed by atoms with van der Waals surface area (Å²) in [5.74, 6) is -0.924. The Labute approximate surface area is 176 Å². The Morgan fingerprint density at radius 2 is 1.74 bits per heavy atom. The van der Waals surface area contributed by atoms with E-state index in [-0.39, 0.29) is 10.7 Å². The van der Waals surface area contributed by atoms with Crippen LogP contribution in [-0.2, 0) is 0 Å². The van der Waals surface area contributed by atoms with Gasteiger partial charge in [0.2, 0.25) is 3.79 Å². The van der Waals surface area contributed by atoms with E-state index >= 15 is 0 Å². The molecule has 0 aliphatic carbocycles. The Bertz CT molecular complexity index is 833. The van der Waals surface area contributed by atoms with Gasteiger partial charge < -0.3 is 20.7 Å². The number of carbonyl (C=O) groups is 1. The Kier molecular flexibility index (Phi) is 7.49. The molecule has 144 valence electrons. The molecule has 0 radical (unpaired) electrons. The number of rotatable bonds is 5. The fourth-order valence-electron chi connectivity index (χ4n) is 2.09. The molecule has 0 spiro atoms. The summed E-state index contributed by atoms with van der Waals surface area (Å²) in [4.78, 5) is 12.3. The maximum Gasteiger partial charge on any atom is 0.255 e. The molecule has 0 aromatic heterocycles. The Hall–Kier alpha value is -1.80. The van der Waals surface area contributed by atoms with Crippen molar-refractivity contribution in [3.8, 4) is 5.75 Å². The van der Waals surface area contributed by atoms with Crippen LogP contribution >= 0.6 is 47.0 Å². The van der Waals surface area contributed by atoms with Crippen molar-refractivity contribution < 1.29 is 13.9 Å². The lowest BCUT2D eigenvalue weighted by molar-refractivity contribution is 0.0930. The minimum Gasteiger partial charge on any atom is -0.495 e. The van der Waals surface area contributed by atoms with Gasteiger partial charge in [-0.15, -0.1) is 0 Å². The lowest BCUT2D eigenvalue weighted by Crippen LogP contribution is -2.56. The van der Waals surface area contributed by atoms with Crippen LogP contribution in [0.3, 0.4) is 0 Å². The van der Waals surface area contributed by atoms with Gasteiger partial charge in [0.15, 0.2) is 5.11 Å². The minimum absolute atomic E-state index is 0.0599. The van der Waals surface area contributed by atoms with E-state index < -0.39 is 21.7 Å². The van der Waals surface area contributed by atoms with Gasteiger partial charge in [0.05, 0.1) is 18.4 Å². The van der Waals surface area contributed by atoms with Crippen LogP contribution in [-0.4, -0.2) is 28.1 Å². The summed E-state index contributed by atoms with van der Waals surface area (Å²) in [7, 11) is 1.51. The summed E-state index contributed by atoms with van der Waals surface area (Å²) in [5, 5.41) is 8.05. The van der Waals surface area contributed by atoms with Crippen LogP contribution < -0.4 is 20.7 Å². The number of benzene rings is 2. The van der Waals surface area contributed by atoms with E-state index in [1.54, 1.807) is 24.3 Å². The number of para-hydroxylation sites is 2. The van der Waals surface area contributed by atoms with Crippen LogP contribution in [0.4, 0.5) is 10.1 Å². The second-order valence-corrected chi connectivity index (χ2v) is 8.00. The topological polar surface area (TPSA) is 62.4 Å². The summed E-state index contributed by atoms with van der Waals surface area (Å²) < 4.78 is 17.0. The summed E-state index contributed by atoms with van der Waals surface area (Å²) in [6.07, 6.45) is -1.23. The van der Waals surface area contributed by atoms with Crippen molar-refractivity contribution in [2.75, 3.05) is 12.4 Å². The first-order valence-electron chi connectivity index (χ1n) is 7.55. The predicted octanol–water partition coefficient (Wildman–Crippen LogP) is 4.25. The fourth-order valence-corrected chi connectivity index (χ4v) is 2.65. The van der Waals surface area contributed by atoms with E-state index in [0.29, 0.717) is 11.4 Å². The largest absolute Gasteiger partial charge is 0.495 e. The number of hydrogen-bond acceptors (Lipinski definition) is 3. The Morgan fingerprint density at radius 1 is 1.11 bits per heavy atom. The first-order valence-corrected chi connectivity index (χ1v) is 9.09. The summed E-state index contributed by atoms with van der Waals surface area (Å²) in [6.45, 7) is 0. The first kappa shape index (κ1) is 21.5. The van der Waals surface area contributed by atoms with E-state index in [1.165, 1.54) is 25.3 Å². The second kappa shape index (κ2) is 9.41. The highest BCUT2D eigenvalue weighted by Gasteiger charge is 2.35. The number of methoxy groups -OCH3 is 1. The van der Waals surface area contributed by atoms with Crippen LogP contribution in [0.1, 0.15) is 10.4 Å². The molecular formula is C17H15Cl3FN3O2S. The van der Waals surface area contributed by atoms with Gasteiger partial charge in [0.1, 0.15) is 17.7 Å². The number of thiocarbonyl (C=S) groups is 1. The smallest absolute Gasteiger partial charge is 0.255 e. The van der Waals surface area contributed by atoms with Gasteiger partial charge in [-0.3, -0.25) is 4.79 Å². The molecule has 0 aliphatic rings. The van der Waals surface area contributed by atoms with Crippen LogP contribution in [0.25, 0.3) is 0 Å². The van der Waals surface area contributed by atoms with Gasteiger partial charge in [-0.25, -0.2) is 4.39 Å². The zero-order valence-electron chi connectivity index (χ0n) is 13.9. The van der Waals surface area contributed by atoms with Crippen molar-refractivity contribution in [1.29, 1.82) is 0 Å². The van der Waals surface area contributed by atoms with Crippen molar-refractivity contribution in [3.05, 3.63) is 59.9 Å². The molecular weight excluding hydrogens is 436 g/mol. The van der Waals surface area contributed by atoms with E-state index in [0.717, 1.165) is 6.07 Å². The van der Waals surface area contributed by atoms with Crippen molar-refractivity contribution in [1.82, 2.24) is 10.6 Å². The molecule has 10 heteroatoms. The highest BCUT2D eigenvalue weighted by Crippen LogP contribution is 2.30. The number of carbonyl (C=O) groups excluding carboxylic acids is 1. The SMILES string of the molecule is COc1ccccc1NC(=S)N[C@H](NC(=O)c1ccccc1F)C(Cl)(Cl)Cl. The quantitative estimate of drug-likeness (QED) is 0.361. The summed E-state index contributed by atoms with van der Waals surface area (Å²) in [6, 6.07) is 12.5. The zero-order valence-corrected chi connectivity index (χ0v) is 17.0. The maximum absolute atomic E-state index is 13.8. The van der Waals surface area contributed by atoms with Gasteiger partial charge in [-0.1, -0.05) is 59.1 Å². The van der Waals surface area contributed by atoms with Crippen LogP contribution in [0.2, 0.25) is 0 Å². The predicted molar refractivity (Wildman–Crippen MR) is 110 cm³/mol. The number of anilines is 1. The molecule has 0 aliphatic heterocycles. The highest BCUT2D eigenvalue weighted by molar-refractivity contribution is 7.80. The summed E-state index contributed by atoms with van der Waals surface area (Å²) in [5.41, 5.74) is 0.378. The lowest BCUT2D eigenvalue weighted by atomic mass is 10.2. The van der Waals surface area contributed by atoms with Crippen molar-refractivity contribution in [3.63, 3.8) is 0 Å². The number of hydrogen-bond donors (Lipinski definition) is 3. The Morgan fingerprint density at radius 3 is 2.37 bits per heavy atom. The molecule has 1 atom stereocenters. The number of ether oxygens (including phenoxy) is 1. The molecule has 0 bridgehead atoms. The van der Waals surface area contributed by atoms with Gasteiger partial charge in [0, 0.05) is 0 Å². The number of nitrogens with one attached hydrogen (secondary N) is 3. The fraction of sp³-hybridized carbons (Fsp3) is 0.176. The van der Waals surface area contributed by atoms with E-state index in [2.05, 4.69) is 16.0 Å². The molecule has 5 nitrogen and oxygen atoms in total. The lowest BCUT2D eigenvalue weighted by Gasteiger charge is -2.28. The van der Waals surface area contributed by atoms with Gasteiger partial charge in [0.25, 0.3) is 5.91 Å². The third-order valence-corrected chi connectivity index (χ3v) is 4.23. The molecule has 0 saturated carbocycles. The molecule has 27 heavy (non-hydrogen) atoms. The molecule has 2 aromatic carbocycles. The van der Waals surface area contributed by atoms with Crippen molar-refractivity contribution in [2.45, 2.75) is 9.96 Å². The molecule has 1 amide bonds. The van der Waals surface area contributed by atoms with E-state index in [9.17, 15) is 9.18 Å². The van der Waals surface area contributed by atoms with Crippen molar-refractivity contribution >= 4 is 63.7 Å². The normalized spacial score (nSPS) is 12.0. The molecule has 0 unspecified atom stereocenters. The standard InChI is InChI=1S/C17H15Cl3FN3O2S/c1-26-13-9-5-4-8-12(13)22-16(27)24-15(17(18,19)20)23-14(25)10-6-2-3-7-11(10)21/h2-9,15H,1H3,(H,23,25)(H2,22,24,27)/t15-/m0/s1. The first-order chi connectivity index (χ1) is 12.7. The maximum atomic E-state index is 13.8. The van der Waals surface area contributed by atoms with E-state index in [4.69, 9.17) is 51.8 Å². The Balaban J connectivity index is 2.12. The minimum atomic E-state index is -1.96. The molecule has 0 heterocycles. The van der Waals surface area contributed by atoms with Crippen LogP contribution in [0.15, 0.2) is 48.5 Å².